The molecule has 3 aromatic rings. The number of hydrogen-bond acceptors (Lipinski definition) is 6. The van der Waals surface area contributed by atoms with Crippen LogP contribution in [-0.4, -0.2) is 68.4 Å². The van der Waals surface area contributed by atoms with Crippen LogP contribution in [-0.2, 0) is 6.54 Å². The average Bonchev–Trinajstić information content (AvgIpc) is 3.36. The van der Waals surface area contributed by atoms with Gasteiger partial charge in [-0.25, -0.2) is 4.98 Å². The molecule has 1 saturated heterocycles. The minimum atomic E-state index is 0.386. The van der Waals surface area contributed by atoms with Crippen LogP contribution < -0.4 is 4.90 Å². The van der Waals surface area contributed by atoms with Crippen molar-refractivity contribution in [1.29, 1.82) is 0 Å². The lowest BCUT2D eigenvalue weighted by atomic mass is 9.97. The third kappa shape index (κ3) is 3.85. The minimum Gasteiger partial charge on any atom is -0.339 e. The molecule has 3 heterocycles. The number of para-hydroxylation sites is 1. The Balaban J connectivity index is 1.54. The Morgan fingerprint density at radius 1 is 1.19 bits per heavy atom. The fraction of sp³-hybridized carbons (Fsp3) is 0.474. The van der Waals surface area contributed by atoms with E-state index in [1.54, 1.807) is 0 Å². The number of piperidine rings is 1. The molecule has 0 amide bonds. The molecule has 0 aliphatic carbocycles. The molecule has 0 saturated carbocycles. The van der Waals surface area contributed by atoms with Crippen molar-refractivity contribution in [2.45, 2.75) is 25.3 Å². The average molecular weight is 366 g/mol. The van der Waals surface area contributed by atoms with Crippen LogP contribution in [0.25, 0.3) is 5.69 Å². The topological polar surface area (TPSA) is 67.9 Å². The second-order valence-electron chi connectivity index (χ2n) is 7.29. The van der Waals surface area contributed by atoms with Gasteiger partial charge in [0.2, 0.25) is 5.95 Å². The van der Waals surface area contributed by atoms with Gasteiger partial charge in [-0.1, -0.05) is 23.3 Å². The highest BCUT2D eigenvalue weighted by molar-refractivity contribution is 5.41. The van der Waals surface area contributed by atoms with E-state index in [1.807, 2.05) is 41.2 Å². The van der Waals surface area contributed by atoms with Gasteiger partial charge in [-0.2, -0.15) is 4.68 Å². The van der Waals surface area contributed by atoms with E-state index < -0.39 is 0 Å². The Hall–Kier alpha value is -2.74. The summed E-state index contributed by atoms with van der Waals surface area (Å²) >= 11 is 0. The van der Waals surface area contributed by atoms with Crippen molar-refractivity contribution in [2.75, 3.05) is 38.6 Å². The van der Waals surface area contributed by atoms with Crippen LogP contribution in [0.3, 0.4) is 0 Å². The quantitative estimate of drug-likeness (QED) is 0.663. The third-order valence-electron chi connectivity index (χ3n) is 5.06. The highest BCUT2D eigenvalue weighted by atomic mass is 15.6. The predicted octanol–water partition coefficient (Wildman–Crippen LogP) is 1.80. The molecule has 0 radical (unpaired) electrons. The van der Waals surface area contributed by atoms with E-state index in [4.69, 9.17) is 0 Å². The van der Waals surface area contributed by atoms with Gasteiger partial charge in [0.1, 0.15) is 5.82 Å². The summed E-state index contributed by atoms with van der Waals surface area (Å²) in [6, 6.07) is 10.0. The molecule has 2 aromatic heterocycles. The monoisotopic (exact) mass is 366 g/mol. The summed E-state index contributed by atoms with van der Waals surface area (Å²) < 4.78 is 4.11. The molecule has 8 nitrogen and oxygen atoms in total. The van der Waals surface area contributed by atoms with Crippen molar-refractivity contribution in [3.8, 4) is 5.69 Å². The lowest BCUT2D eigenvalue weighted by Crippen LogP contribution is -2.37. The van der Waals surface area contributed by atoms with E-state index in [0.717, 1.165) is 50.7 Å². The Morgan fingerprint density at radius 3 is 2.85 bits per heavy atom. The van der Waals surface area contributed by atoms with Crippen LogP contribution in [0.2, 0.25) is 0 Å². The zero-order valence-electron chi connectivity index (χ0n) is 15.9. The van der Waals surface area contributed by atoms with Crippen molar-refractivity contribution in [1.82, 2.24) is 34.7 Å². The standard InChI is InChI=1S/C19H26N8/c1-24(2)13-14-25-12-10-20-18(25)16-7-6-11-26(15-16)19-21-22-23-27(19)17-8-4-3-5-9-17/h3-5,8-10,12,16H,6-7,11,13-15H2,1-2H3. The number of rotatable bonds is 6. The number of tetrazole rings is 1. The third-order valence-corrected chi connectivity index (χ3v) is 5.06. The molecule has 1 unspecified atom stereocenters. The summed E-state index contributed by atoms with van der Waals surface area (Å²) in [7, 11) is 4.20. The molecule has 27 heavy (non-hydrogen) atoms. The second kappa shape index (κ2) is 7.87. The van der Waals surface area contributed by atoms with E-state index in [1.165, 1.54) is 5.82 Å². The summed E-state index contributed by atoms with van der Waals surface area (Å²) in [5.74, 6) is 2.36. The number of nitrogens with zero attached hydrogens (tertiary/aromatic N) is 8. The van der Waals surface area contributed by atoms with Gasteiger partial charge >= 0.3 is 0 Å². The van der Waals surface area contributed by atoms with Gasteiger partial charge in [-0.15, -0.1) is 0 Å². The molecule has 0 bridgehead atoms. The summed E-state index contributed by atoms with van der Waals surface area (Å²) in [5.41, 5.74) is 0.979. The first-order chi connectivity index (χ1) is 13.2. The molecule has 1 atom stereocenters. The first-order valence-corrected chi connectivity index (χ1v) is 9.47. The Morgan fingerprint density at radius 2 is 2.04 bits per heavy atom. The SMILES string of the molecule is CN(C)CCn1ccnc1C1CCCN(c2nnnn2-c2ccccc2)C1. The first kappa shape index (κ1) is 17.7. The van der Waals surface area contributed by atoms with Crippen molar-refractivity contribution in [2.24, 2.45) is 0 Å². The van der Waals surface area contributed by atoms with E-state index in [0.29, 0.717) is 5.92 Å². The molecule has 142 valence electrons. The van der Waals surface area contributed by atoms with Gasteiger partial charge in [-0.3, -0.25) is 0 Å². The molecule has 1 aliphatic heterocycles. The normalized spacial score (nSPS) is 17.6. The largest absolute Gasteiger partial charge is 0.339 e. The second-order valence-corrected chi connectivity index (χ2v) is 7.29. The van der Waals surface area contributed by atoms with Crippen LogP contribution >= 0.6 is 0 Å². The summed E-state index contributed by atoms with van der Waals surface area (Å²) in [4.78, 5) is 9.16. The van der Waals surface area contributed by atoms with Crippen molar-refractivity contribution in [3.05, 3.63) is 48.5 Å². The highest BCUT2D eigenvalue weighted by Crippen LogP contribution is 2.29. The van der Waals surface area contributed by atoms with Crippen molar-refractivity contribution in [3.63, 3.8) is 0 Å². The van der Waals surface area contributed by atoms with Gasteiger partial charge in [-0.05, 0) is 49.5 Å². The molecule has 1 aromatic carbocycles. The number of likely N-dealkylation sites (N-methyl/N-ethyl adjacent to an activating group) is 1. The molecular formula is C19H26N8. The maximum Gasteiger partial charge on any atom is 0.250 e. The molecule has 0 N–H and O–H groups in total. The van der Waals surface area contributed by atoms with Crippen LogP contribution in [0.5, 0.6) is 0 Å². The minimum absolute atomic E-state index is 0.386. The van der Waals surface area contributed by atoms with Gasteiger partial charge in [0.05, 0.1) is 5.69 Å². The molecule has 8 heteroatoms. The summed E-state index contributed by atoms with van der Waals surface area (Å²) in [6.07, 6.45) is 6.25. The summed E-state index contributed by atoms with van der Waals surface area (Å²) in [6.45, 7) is 3.81. The zero-order valence-corrected chi connectivity index (χ0v) is 15.9. The van der Waals surface area contributed by atoms with E-state index in [9.17, 15) is 0 Å². The molecule has 4 rings (SSSR count). The van der Waals surface area contributed by atoms with Crippen LogP contribution in [0.1, 0.15) is 24.6 Å². The Bertz CT molecular complexity index is 853. The highest BCUT2D eigenvalue weighted by Gasteiger charge is 2.28. The number of hydrogen-bond donors (Lipinski definition) is 0. The molecule has 1 aliphatic rings. The van der Waals surface area contributed by atoms with E-state index in [-0.39, 0.29) is 0 Å². The van der Waals surface area contributed by atoms with E-state index in [2.05, 4.69) is 55.2 Å². The van der Waals surface area contributed by atoms with Crippen molar-refractivity contribution < 1.29 is 0 Å². The van der Waals surface area contributed by atoms with Gasteiger partial charge in [0.15, 0.2) is 0 Å². The van der Waals surface area contributed by atoms with Gasteiger partial charge in [0, 0.05) is 44.5 Å². The number of imidazole rings is 1. The lowest BCUT2D eigenvalue weighted by Gasteiger charge is -2.32. The van der Waals surface area contributed by atoms with Crippen LogP contribution in [0, 0.1) is 0 Å². The van der Waals surface area contributed by atoms with Crippen LogP contribution in [0.4, 0.5) is 5.95 Å². The number of benzene rings is 1. The lowest BCUT2D eigenvalue weighted by molar-refractivity contribution is 0.373. The van der Waals surface area contributed by atoms with Gasteiger partial charge < -0.3 is 14.4 Å². The molecule has 0 spiro atoms. The van der Waals surface area contributed by atoms with E-state index >= 15 is 0 Å². The smallest absolute Gasteiger partial charge is 0.250 e. The maximum absolute atomic E-state index is 4.67. The first-order valence-electron chi connectivity index (χ1n) is 9.47. The maximum atomic E-state index is 4.67. The predicted molar refractivity (Wildman–Crippen MR) is 104 cm³/mol. The number of anilines is 1. The zero-order chi connectivity index (χ0) is 18.6. The van der Waals surface area contributed by atoms with Gasteiger partial charge in [0.25, 0.3) is 0 Å². The Labute approximate surface area is 159 Å². The molecule has 1 fully saturated rings. The van der Waals surface area contributed by atoms with Crippen LogP contribution in [0.15, 0.2) is 42.7 Å². The fourth-order valence-electron chi connectivity index (χ4n) is 3.66. The Kier molecular flexibility index (Phi) is 5.15. The fourth-order valence-corrected chi connectivity index (χ4v) is 3.66. The molecular weight excluding hydrogens is 340 g/mol. The van der Waals surface area contributed by atoms with Crippen molar-refractivity contribution >= 4 is 5.95 Å². The number of aromatic nitrogens is 6. The summed E-state index contributed by atoms with van der Waals surface area (Å²) in [5, 5.41) is 12.4.